The van der Waals surface area contributed by atoms with Gasteiger partial charge in [0.05, 0.1) is 6.42 Å². The molecule has 3 atom stereocenters. The van der Waals surface area contributed by atoms with Crippen molar-refractivity contribution in [3.63, 3.8) is 0 Å². The average molecular weight is 421 g/mol. The number of benzene rings is 2. The number of aliphatic carboxylic acids is 1. The van der Waals surface area contributed by atoms with Gasteiger partial charge < -0.3 is 31.5 Å². The van der Waals surface area contributed by atoms with Crippen molar-refractivity contribution >= 4 is 40.7 Å². The fraction of sp³-hybridized carbons (Fsp3) is 0.118. The van der Waals surface area contributed by atoms with Crippen LogP contribution in [0.3, 0.4) is 0 Å². The minimum atomic E-state index is -1.43. The lowest BCUT2D eigenvalue weighted by Crippen LogP contribution is -2.99. The number of anilines is 2. The molecule has 0 fully saturated rings. The first-order valence-electron chi connectivity index (χ1n) is 8.42. The van der Waals surface area contributed by atoms with E-state index in [2.05, 4.69) is 16.0 Å². The van der Waals surface area contributed by atoms with Crippen LogP contribution in [0.25, 0.3) is 0 Å². The summed E-state index contributed by atoms with van der Waals surface area (Å²) in [5.41, 5.74) is 0.461. The molecule has 0 aliphatic carbocycles. The van der Waals surface area contributed by atoms with E-state index < -0.39 is 40.8 Å². The first-order chi connectivity index (χ1) is 14.2. The topological polar surface area (TPSA) is 203 Å². The number of carbonyl (C=O) groups excluding carboxylic acids is 2. The van der Waals surface area contributed by atoms with Gasteiger partial charge in [0, 0.05) is 35.6 Å². The van der Waals surface area contributed by atoms with Crippen molar-refractivity contribution in [2.45, 2.75) is 12.5 Å². The van der Waals surface area contributed by atoms with E-state index in [4.69, 9.17) is 15.5 Å². The molecule has 0 radical (unpaired) electrons. The van der Waals surface area contributed by atoms with E-state index in [1.165, 1.54) is 48.5 Å². The number of quaternary nitrogens is 2. The Hall–Kier alpha value is -3.59. The smallest absolute Gasteiger partial charge is 0.319 e. The molecule has 2 aromatic rings. The SMILES string of the molecule is O=C(O)CC(NC(=O)Nc1ccc([NH+]([O-])O)cc1)C(=O)Nc1ccc([NH+]([O-])O)cc1. The molecular formula is C17H19N5O8. The van der Waals surface area contributed by atoms with E-state index in [1.54, 1.807) is 0 Å². The summed E-state index contributed by atoms with van der Waals surface area (Å²) in [5.74, 6) is -2.15. The van der Waals surface area contributed by atoms with E-state index in [1.807, 2.05) is 0 Å². The summed E-state index contributed by atoms with van der Waals surface area (Å²) in [5, 5.41) is 53.1. The molecule has 160 valence electrons. The lowest BCUT2D eigenvalue weighted by molar-refractivity contribution is -0.991. The third-order valence-electron chi connectivity index (χ3n) is 3.79. The van der Waals surface area contributed by atoms with Gasteiger partial charge in [-0.2, -0.15) is 10.5 Å². The summed E-state index contributed by atoms with van der Waals surface area (Å²) >= 11 is 0. The van der Waals surface area contributed by atoms with Gasteiger partial charge >= 0.3 is 12.0 Å². The summed E-state index contributed by atoms with van der Waals surface area (Å²) in [6.45, 7) is 0. The molecule has 13 heteroatoms. The highest BCUT2D eigenvalue weighted by Crippen LogP contribution is 2.12. The Morgan fingerprint density at radius 3 is 1.67 bits per heavy atom. The van der Waals surface area contributed by atoms with Crippen molar-refractivity contribution in [3.8, 4) is 0 Å². The molecule has 0 bridgehead atoms. The number of carboxylic acid groups (broad SMARTS) is 1. The van der Waals surface area contributed by atoms with Gasteiger partial charge in [0.1, 0.15) is 6.04 Å². The molecule has 0 saturated heterocycles. The Balaban J connectivity index is 2.02. The number of amides is 3. The highest BCUT2D eigenvalue weighted by atomic mass is 16.8. The van der Waals surface area contributed by atoms with Gasteiger partial charge in [-0.05, 0) is 24.3 Å². The summed E-state index contributed by atoms with van der Waals surface area (Å²) in [6.07, 6.45) is -0.704. The molecule has 0 aliphatic heterocycles. The Morgan fingerprint density at radius 2 is 1.27 bits per heavy atom. The zero-order valence-electron chi connectivity index (χ0n) is 15.3. The van der Waals surface area contributed by atoms with Crippen LogP contribution in [0.4, 0.5) is 27.5 Å². The highest BCUT2D eigenvalue weighted by molar-refractivity contribution is 6.00. The van der Waals surface area contributed by atoms with Crippen LogP contribution in [-0.2, 0) is 9.59 Å². The van der Waals surface area contributed by atoms with Crippen LogP contribution in [0.5, 0.6) is 0 Å². The monoisotopic (exact) mass is 421 g/mol. The standard InChI is InChI=1S/C17H19N5O8/c23-15(24)9-14(16(25)18-10-1-5-12(6-2-10)21(27)28)20-17(26)19-11-3-7-13(8-4-11)22(29)30/h1-8,14,21-22,27,29H,9H2,(H,18,25)(H,23,24)(H2,19,20,26). The minimum absolute atomic E-state index is 0.00139. The quantitative estimate of drug-likeness (QED) is 0.250. The van der Waals surface area contributed by atoms with Gasteiger partial charge in [-0.15, -0.1) is 0 Å². The van der Waals surface area contributed by atoms with Crippen molar-refractivity contribution < 1.29 is 40.4 Å². The molecule has 0 spiro atoms. The fourth-order valence-corrected chi connectivity index (χ4v) is 2.33. The lowest BCUT2D eigenvalue weighted by atomic mass is 10.2. The number of carboxylic acids is 1. The number of nitrogens with one attached hydrogen (secondary N) is 5. The molecule has 8 N–H and O–H groups in total. The van der Waals surface area contributed by atoms with Crippen molar-refractivity contribution in [3.05, 3.63) is 58.9 Å². The van der Waals surface area contributed by atoms with Gasteiger partial charge in [-0.1, -0.05) is 0 Å². The van der Waals surface area contributed by atoms with E-state index in [0.29, 0.717) is 0 Å². The predicted octanol–water partition coefficient (Wildman–Crippen LogP) is -0.903. The summed E-state index contributed by atoms with van der Waals surface area (Å²) in [6, 6.07) is 8.04. The van der Waals surface area contributed by atoms with Crippen molar-refractivity contribution in [1.82, 2.24) is 5.32 Å². The molecule has 2 rings (SSSR count). The van der Waals surface area contributed by atoms with Crippen LogP contribution < -0.4 is 26.4 Å². The number of hydrogen-bond donors (Lipinski definition) is 8. The van der Waals surface area contributed by atoms with Crippen LogP contribution in [0.2, 0.25) is 0 Å². The zero-order valence-corrected chi connectivity index (χ0v) is 15.3. The van der Waals surface area contributed by atoms with Crippen molar-refractivity contribution in [2.24, 2.45) is 0 Å². The van der Waals surface area contributed by atoms with Gasteiger partial charge in [0.15, 0.2) is 11.4 Å². The Bertz CT molecular complexity index is 886. The molecule has 30 heavy (non-hydrogen) atoms. The third kappa shape index (κ3) is 6.78. The molecule has 0 aliphatic rings. The molecule has 3 unspecified atom stereocenters. The first kappa shape index (κ1) is 22.7. The largest absolute Gasteiger partial charge is 0.595 e. The van der Waals surface area contributed by atoms with Gasteiger partial charge in [-0.3, -0.25) is 9.59 Å². The summed E-state index contributed by atoms with van der Waals surface area (Å²) < 4.78 is 0. The normalized spacial score (nSPS) is 13.6. The zero-order chi connectivity index (χ0) is 22.3. The van der Waals surface area contributed by atoms with Crippen LogP contribution in [0.15, 0.2) is 48.5 Å². The second-order valence-electron chi connectivity index (χ2n) is 6.00. The first-order valence-corrected chi connectivity index (χ1v) is 8.42. The number of carbonyl (C=O) groups is 3. The Morgan fingerprint density at radius 1 is 0.833 bits per heavy atom. The van der Waals surface area contributed by atoms with Crippen LogP contribution in [-0.4, -0.2) is 39.5 Å². The summed E-state index contributed by atoms with van der Waals surface area (Å²) in [7, 11) is 0. The van der Waals surface area contributed by atoms with Gasteiger partial charge in [-0.25, -0.2) is 15.2 Å². The molecular weight excluding hydrogens is 402 g/mol. The molecule has 0 saturated carbocycles. The molecule has 0 heterocycles. The average Bonchev–Trinajstić information content (AvgIpc) is 2.67. The Labute approximate surface area is 169 Å². The second kappa shape index (κ2) is 10.3. The molecule has 13 nitrogen and oxygen atoms in total. The maximum absolute atomic E-state index is 12.4. The van der Waals surface area contributed by atoms with E-state index in [-0.39, 0.29) is 22.7 Å². The highest BCUT2D eigenvalue weighted by Gasteiger charge is 2.24. The fourth-order valence-electron chi connectivity index (χ4n) is 2.33. The maximum atomic E-state index is 12.4. The molecule has 2 aromatic carbocycles. The second-order valence-corrected chi connectivity index (χ2v) is 6.00. The summed E-state index contributed by atoms with van der Waals surface area (Å²) in [4.78, 5) is 35.6. The lowest BCUT2D eigenvalue weighted by Gasteiger charge is -2.18. The Kier molecular flexibility index (Phi) is 7.76. The van der Waals surface area contributed by atoms with Crippen molar-refractivity contribution in [1.29, 1.82) is 0 Å². The molecule has 3 amide bonds. The van der Waals surface area contributed by atoms with E-state index in [0.717, 1.165) is 0 Å². The maximum Gasteiger partial charge on any atom is 0.319 e. The third-order valence-corrected chi connectivity index (χ3v) is 3.79. The van der Waals surface area contributed by atoms with E-state index in [9.17, 15) is 24.8 Å². The van der Waals surface area contributed by atoms with Crippen molar-refractivity contribution in [2.75, 3.05) is 10.6 Å². The number of urea groups is 1. The number of rotatable bonds is 8. The van der Waals surface area contributed by atoms with E-state index >= 15 is 0 Å². The minimum Gasteiger partial charge on any atom is -0.595 e. The van der Waals surface area contributed by atoms with Crippen LogP contribution in [0, 0.1) is 10.4 Å². The number of hydrogen-bond acceptors (Lipinski definition) is 7. The van der Waals surface area contributed by atoms with Gasteiger partial charge in [0.25, 0.3) is 0 Å². The van der Waals surface area contributed by atoms with Gasteiger partial charge in [0.2, 0.25) is 5.91 Å². The van der Waals surface area contributed by atoms with Crippen LogP contribution >= 0.6 is 0 Å². The van der Waals surface area contributed by atoms with Crippen LogP contribution in [0.1, 0.15) is 6.42 Å². The molecule has 0 aromatic heterocycles. The predicted molar refractivity (Wildman–Crippen MR) is 101 cm³/mol.